The molecular formula is C28H41N2O3+. The SMILES string of the molecule is Cc1cc([C@@H](C)NCCc2ccc(O)c(CO)c2)ccc1OCCC[N+]12CCC(CC1)CC2. The minimum atomic E-state index is -0.141. The van der Waals surface area contributed by atoms with Gasteiger partial charge in [-0.2, -0.15) is 0 Å². The second-order valence-electron chi connectivity index (χ2n) is 10.2. The van der Waals surface area contributed by atoms with Crippen molar-refractivity contribution in [1.82, 2.24) is 5.32 Å². The molecule has 3 N–H and O–H groups in total. The Morgan fingerprint density at radius 1 is 1.09 bits per heavy atom. The van der Waals surface area contributed by atoms with Crippen LogP contribution in [0.3, 0.4) is 0 Å². The lowest BCUT2D eigenvalue weighted by Crippen LogP contribution is -2.58. The van der Waals surface area contributed by atoms with Gasteiger partial charge in [0.1, 0.15) is 11.5 Å². The van der Waals surface area contributed by atoms with Crippen LogP contribution in [0.25, 0.3) is 0 Å². The van der Waals surface area contributed by atoms with Crippen LogP contribution in [-0.4, -0.2) is 54.0 Å². The number of hydrogen-bond acceptors (Lipinski definition) is 4. The van der Waals surface area contributed by atoms with Crippen molar-refractivity contribution in [2.24, 2.45) is 5.92 Å². The number of aromatic hydroxyl groups is 1. The average molecular weight is 454 g/mol. The Bertz CT molecular complexity index is 908. The van der Waals surface area contributed by atoms with E-state index in [4.69, 9.17) is 4.74 Å². The van der Waals surface area contributed by atoms with Crippen LogP contribution in [0.15, 0.2) is 36.4 Å². The van der Waals surface area contributed by atoms with E-state index in [1.807, 2.05) is 12.1 Å². The van der Waals surface area contributed by atoms with Gasteiger partial charge in [-0.25, -0.2) is 0 Å². The topological polar surface area (TPSA) is 61.7 Å². The zero-order valence-electron chi connectivity index (χ0n) is 20.4. The summed E-state index contributed by atoms with van der Waals surface area (Å²) in [7, 11) is 0. The molecule has 3 fully saturated rings. The van der Waals surface area contributed by atoms with Crippen LogP contribution in [0.1, 0.15) is 60.9 Å². The van der Waals surface area contributed by atoms with Gasteiger partial charge in [0.15, 0.2) is 0 Å². The van der Waals surface area contributed by atoms with Gasteiger partial charge >= 0.3 is 0 Å². The molecule has 0 unspecified atom stereocenters. The lowest BCUT2D eigenvalue weighted by Gasteiger charge is -2.49. The van der Waals surface area contributed by atoms with Gasteiger partial charge in [0.05, 0.1) is 39.4 Å². The number of ether oxygens (including phenoxy) is 1. The van der Waals surface area contributed by atoms with E-state index in [-0.39, 0.29) is 18.4 Å². The molecule has 5 rings (SSSR count). The van der Waals surface area contributed by atoms with Crippen LogP contribution in [0, 0.1) is 12.8 Å². The van der Waals surface area contributed by atoms with E-state index in [1.165, 1.54) is 61.1 Å². The summed E-state index contributed by atoms with van der Waals surface area (Å²) in [6.07, 6.45) is 6.29. The summed E-state index contributed by atoms with van der Waals surface area (Å²) in [5.74, 6) is 2.18. The first-order valence-electron chi connectivity index (χ1n) is 12.7. The van der Waals surface area contributed by atoms with Crippen LogP contribution in [0.2, 0.25) is 0 Å². The quantitative estimate of drug-likeness (QED) is 0.347. The molecule has 3 aliphatic rings. The second-order valence-corrected chi connectivity index (χ2v) is 10.2. The standard InChI is InChI=1S/C28H40N2O3/c1-21-18-25(22(2)29-12-8-24-4-6-27(32)26(19-24)20-31)5-7-28(21)33-17-3-13-30-14-9-23(10-15-30)11-16-30/h4-7,18-19,22-23,29,31H,3,8-17,20H2,1-2H3/p+1/t22-,23?,30?/m1/s1. The highest BCUT2D eigenvalue weighted by Gasteiger charge is 2.38. The number of nitrogens with one attached hydrogen (secondary N) is 1. The van der Waals surface area contributed by atoms with Gasteiger partial charge in [-0.1, -0.05) is 18.2 Å². The normalized spacial score (nSPS) is 22.9. The van der Waals surface area contributed by atoms with E-state index in [0.717, 1.165) is 43.2 Å². The Kier molecular flexibility index (Phi) is 7.94. The number of piperidine rings is 3. The van der Waals surface area contributed by atoms with Crippen LogP contribution in [-0.2, 0) is 13.0 Å². The summed E-state index contributed by atoms with van der Waals surface area (Å²) in [6.45, 7) is 11.2. The molecule has 2 bridgehead atoms. The summed E-state index contributed by atoms with van der Waals surface area (Å²) in [5.41, 5.74) is 4.14. The van der Waals surface area contributed by atoms with E-state index < -0.39 is 0 Å². The van der Waals surface area contributed by atoms with E-state index in [0.29, 0.717) is 5.56 Å². The van der Waals surface area contributed by atoms with Gasteiger partial charge in [-0.15, -0.1) is 0 Å². The van der Waals surface area contributed by atoms with Gasteiger partial charge < -0.3 is 24.7 Å². The summed E-state index contributed by atoms with van der Waals surface area (Å²) in [5, 5.41) is 22.6. The number of fused-ring (bicyclic) bond motifs is 3. The van der Waals surface area contributed by atoms with Crippen molar-refractivity contribution >= 4 is 0 Å². The first kappa shape index (κ1) is 24.1. The zero-order valence-corrected chi connectivity index (χ0v) is 20.4. The maximum absolute atomic E-state index is 9.71. The molecule has 5 heteroatoms. The van der Waals surface area contributed by atoms with Gasteiger partial charge in [0.25, 0.3) is 0 Å². The molecule has 1 atom stereocenters. The minimum absolute atomic E-state index is 0.141. The Balaban J connectivity index is 1.21. The molecule has 0 aliphatic carbocycles. The van der Waals surface area contributed by atoms with Crippen LogP contribution < -0.4 is 10.1 Å². The molecule has 0 aromatic heterocycles. The fourth-order valence-electron chi connectivity index (χ4n) is 5.63. The Morgan fingerprint density at radius 3 is 2.55 bits per heavy atom. The molecule has 5 nitrogen and oxygen atoms in total. The zero-order chi connectivity index (χ0) is 23.3. The van der Waals surface area contributed by atoms with Crippen LogP contribution in [0.5, 0.6) is 11.5 Å². The number of aliphatic hydroxyl groups excluding tert-OH is 1. The smallest absolute Gasteiger partial charge is 0.122 e. The molecule has 3 saturated heterocycles. The predicted octanol–water partition coefficient (Wildman–Crippen LogP) is 4.49. The summed E-state index contributed by atoms with van der Waals surface area (Å²) in [6, 6.07) is 12.2. The van der Waals surface area contributed by atoms with Crippen molar-refractivity contribution < 1.29 is 19.4 Å². The number of phenols is 1. The van der Waals surface area contributed by atoms with Gasteiger partial charge in [0, 0.05) is 18.0 Å². The van der Waals surface area contributed by atoms with E-state index in [9.17, 15) is 10.2 Å². The van der Waals surface area contributed by atoms with E-state index >= 15 is 0 Å². The number of hydrogen-bond donors (Lipinski definition) is 3. The third-order valence-corrected chi connectivity index (χ3v) is 7.95. The Morgan fingerprint density at radius 2 is 1.85 bits per heavy atom. The van der Waals surface area contributed by atoms with Crippen molar-refractivity contribution in [2.45, 2.75) is 58.6 Å². The molecule has 0 spiro atoms. The lowest BCUT2D eigenvalue weighted by atomic mass is 9.85. The number of aliphatic hydroxyl groups is 1. The van der Waals surface area contributed by atoms with Crippen molar-refractivity contribution in [3.8, 4) is 11.5 Å². The predicted molar refractivity (Wildman–Crippen MR) is 133 cm³/mol. The van der Waals surface area contributed by atoms with Gasteiger partial charge in [0.2, 0.25) is 0 Å². The molecule has 3 aliphatic heterocycles. The lowest BCUT2D eigenvalue weighted by molar-refractivity contribution is -0.942. The molecule has 2 aromatic carbocycles. The van der Waals surface area contributed by atoms with E-state index in [1.54, 1.807) is 6.07 Å². The average Bonchev–Trinajstić information content (AvgIpc) is 2.84. The van der Waals surface area contributed by atoms with Gasteiger partial charge in [-0.05, 0) is 86.9 Å². The molecule has 0 amide bonds. The summed E-state index contributed by atoms with van der Waals surface area (Å²) < 4.78 is 7.50. The fourth-order valence-corrected chi connectivity index (χ4v) is 5.63. The molecule has 0 radical (unpaired) electrons. The third-order valence-electron chi connectivity index (χ3n) is 7.95. The first-order chi connectivity index (χ1) is 16.0. The molecule has 33 heavy (non-hydrogen) atoms. The van der Waals surface area contributed by atoms with Crippen molar-refractivity contribution in [1.29, 1.82) is 0 Å². The maximum atomic E-state index is 9.71. The molecular weight excluding hydrogens is 412 g/mol. The van der Waals surface area contributed by atoms with Crippen molar-refractivity contribution in [3.63, 3.8) is 0 Å². The fraction of sp³-hybridized carbons (Fsp3) is 0.571. The number of rotatable bonds is 11. The highest BCUT2D eigenvalue weighted by atomic mass is 16.5. The van der Waals surface area contributed by atoms with E-state index in [2.05, 4.69) is 37.4 Å². The molecule has 0 saturated carbocycles. The number of nitrogens with zero attached hydrogens (tertiary/aromatic N) is 1. The minimum Gasteiger partial charge on any atom is -0.508 e. The summed E-state index contributed by atoms with van der Waals surface area (Å²) >= 11 is 0. The monoisotopic (exact) mass is 453 g/mol. The molecule has 3 heterocycles. The van der Waals surface area contributed by atoms with Crippen LogP contribution in [0.4, 0.5) is 0 Å². The van der Waals surface area contributed by atoms with Crippen molar-refractivity contribution in [2.75, 3.05) is 39.3 Å². The largest absolute Gasteiger partial charge is 0.508 e. The number of aryl methyl sites for hydroxylation is 1. The highest BCUT2D eigenvalue weighted by molar-refractivity contribution is 5.38. The number of benzene rings is 2. The Hall–Kier alpha value is -2.08. The summed E-state index contributed by atoms with van der Waals surface area (Å²) in [4.78, 5) is 0. The third kappa shape index (κ3) is 6.08. The highest BCUT2D eigenvalue weighted by Crippen LogP contribution is 2.33. The number of quaternary nitrogens is 1. The van der Waals surface area contributed by atoms with Crippen molar-refractivity contribution in [3.05, 3.63) is 58.7 Å². The second kappa shape index (κ2) is 10.9. The molecule has 180 valence electrons. The Labute approximate surface area is 199 Å². The maximum Gasteiger partial charge on any atom is 0.122 e. The van der Waals surface area contributed by atoms with Crippen LogP contribution >= 0.6 is 0 Å². The first-order valence-corrected chi connectivity index (χ1v) is 12.7. The van der Waals surface area contributed by atoms with Gasteiger partial charge in [-0.3, -0.25) is 0 Å². The molecule has 2 aromatic rings.